The summed E-state index contributed by atoms with van der Waals surface area (Å²) >= 11 is 0. The van der Waals surface area contributed by atoms with Crippen LogP contribution in [0.15, 0.2) is 47.6 Å². The number of nitrogens with one attached hydrogen (secondary N) is 1. The lowest BCUT2D eigenvalue weighted by Crippen LogP contribution is -2.18. The minimum Gasteiger partial charge on any atom is -0.267 e. The minimum atomic E-state index is -0.999. The number of nitrogens with zero attached hydrogens (tertiary/aromatic N) is 1. The maximum Gasteiger partial charge on any atom is 0.271 e. The van der Waals surface area contributed by atoms with Gasteiger partial charge >= 0.3 is 0 Å². The van der Waals surface area contributed by atoms with Crippen LogP contribution in [0.3, 0.4) is 0 Å². The van der Waals surface area contributed by atoms with Gasteiger partial charge in [0.1, 0.15) is 0 Å². The standard InChI is InChI=1S/C15H12F2N2O/c1-10-5-2-3-7-12(10)15(20)19-18-9-11-6-4-8-13(16)14(11)17/h2-9H,1H3,(H,19,20). The van der Waals surface area contributed by atoms with E-state index in [-0.39, 0.29) is 5.56 Å². The van der Waals surface area contributed by atoms with Crippen molar-refractivity contribution in [3.8, 4) is 0 Å². The van der Waals surface area contributed by atoms with Crippen molar-refractivity contribution >= 4 is 12.1 Å². The zero-order valence-electron chi connectivity index (χ0n) is 10.7. The lowest BCUT2D eigenvalue weighted by atomic mass is 10.1. The van der Waals surface area contributed by atoms with Crippen LogP contribution in [0.25, 0.3) is 0 Å². The molecule has 0 aliphatic rings. The molecule has 0 aromatic heterocycles. The second-order valence-corrected chi connectivity index (χ2v) is 4.16. The molecule has 2 aromatic carbocycles. The summed E-state index contributed by atoms with van der Waals surface area (Å²) < 4.78 is 26.3. The van der Waals surface area contributed by atoms with Crippen LogP contribution in [-0.4, -0.2) is 12.1 Å². The largest absolute Gasteiger partial charge is 0.271 e. The van der Waals surface area contributed by atoms with Gasteiger partial charge in [0.05, 0.1) is 6.21 Å². The molecule has 0 saturated carbocycles. The molecule has 1 N–H and O–H groups in total. The molecule has 0 heterocycles. The molecular formula is C15H12F2N2O. The molecular weight excluding hydrogens is 262 g/mol. The molecule has 3 nitrogen and oxygen atoms in total. The summed E-state index contributed by atoms with van der Waals surface area (Å²) in [6.45, 7) is 1.80. The summed E-state index contributed by atoms with van der Waals surface area (Å²) in [6.07, 6.45) is 1.06. The van der Waals surface area contributed by atoms with Crippen LogP contribution in [-0.2, 0) is 0 Å². The van der Waals surface area contributed by atoms with E-state index in [2.05, 4.69) is 10.5 Å². The monoisotopic (exact) mass is 274 g/mol. The van der Waals surface area contributed by atoms with Crippen LogP contribution in [0, 0.1) is 18.6 Å². The highest BCUT2D eigenvalue weighted by Crippen LogP contribution is 2.09. The summed E-state index contributed by atoms with van der Waals surface area (Å²) in [5.41, 5.74) is 3.52. The quantitative estimate of drug-likeness (QED) is 0.678. The number of carbonyl (C=O) groups excluding carboxylic acids is 1. The van der Waals surface area contributed by atoms with Gasteiger partial charge in [-0.05, 0) is 24.6 Å². The number of amides is 1. The maximum absolute atomic E-state index is 13.3. The lowest BCUT2D eigenvalue weighted by Gasteiger charge is -2.03. The van der Waals surface area contributed by atoms with Crippen LogP contribution in [0.1, 0.15) is 21.5 Å². The van der Waals surface area contributed by atoms with Crippen molar-refractivity contribution in [3.05, 3.63) is 70.8 Å². The molecule has 5 heteroatoms. The third-order valence-corrected chi connectivity index (χ3v) is 2.74. The van der Waals surface area contributed by atoms with Gasteiger partial charge in [-0.3, -0.25) is 4.79 Å². The predicted octanol–water partition coefficient (Wildman–Crippen LogP) is 3.04. The Bertz CT molecular complexity index is 669. The molecule has 0 saturated heterocycles. The van der Waals surface area contributed by atoms with E-state index in [1.54, 1.807) is 25.1 Å². The molecule has 0 radical (unpaired) electrons. The summed E-state index contributed by atoms with van der Waals surface area (Å²) in [7, 11) is 0. The number of hydrazone groups is 1. The summed E-state index contributed by atoms with van der Waals surface area (Å²) in [4.78, 5) is 11.8. The van der Waals surface area contributed by atoms with Gasteiger partial charge in [0.15, 0.2) is 11.6 Å². The molecule has 0 spiro atoms. The third kappa shape index (κ3) is 3.06. The highest BCUT2D eigenvalue weighted by molar-refractivity contribution is 5.96. The van der Waals surface area contributed by atoms with Crippen LogP contribution in [0.4, 0.5) is 8.78 Å². The molecule has 0 atom stereocenters. The van der Waals surface area contributed by atoms with E-state index >= 15 is 0 Å². The minimum absolute atomic E-state index is 0.0323. The van der Waals surface area contributed by atoms with Crippen LogP contribution < -0.4 is 5.43 Å². The molecule has 0 fully saturated rings. The van der Waals surface area contributed by atoms with Crippen molar-refractivity contribution in [2.24, 2.45) is 5.10 Å². The molecule has 2 aromatic rings. The number of hydrogen-bond donors (Lipinski definition) is 1. The van der Waals surface area contributed by atoms with Crippen molar-refractivity contribution < 1.29 is 13.6 Å². The van der Waals surface area contributed by atoms with E-state index in [0.29, 0.717) is 5.56 Å². The fourth-order valence-corrected chi connectivity index (χ4v) is 1.67. The fraction of sp³-hybridized carbons (Fsp3) is 0.0667. The Morgan fingerprint density at radius 3 is 2.65 bits per heavy atom. The van der Waals surface area contributed by atoms with Gasteiger partial charge in [-0.15, -0.1) is 0 Å². The van der Waals surface area contributed by atoms with Gasteiger partial charge in [0, 0.05) is 11.1 Å². The first-order valence-electron chi connectivity index (χ1n) is 5.92. The summed E-state index contributed by atoms with van der Waals surface area (Å²) in [6, 6.07) is 10.7. The maximum atomic E-state index is 13.3. The fourth-order valence-electron chi connectivity index (χ4n) is 1.67. The zero-order valence-corrected chi connectivity index (χ0v) is 10.7. The summed E-state index contributed by atoms with van der Waals surface area (Å²) in [5, 5.41) is 3.63. The van der Waals surface area contributed by atoms with E-state index in [1.807, 2.05) is 6.07 Å². The van der Waals surface area contributed by atoms with Crippen LogP contribution in [0.5, 0.6) is 0 Å². The smallest absolute Gasteiger partial charge is 0.267 e. The number of rotatable bonds is 3. The van der Waals surface area contributed by atoms with E-state index in [4.69, 9.17) is 0 Å². The first-order valence-corrected chi connectivity index (χ1v) is 5.92. The van der Waals surface area contributed by atoms with Gasteiger partial charge in [-0.2, -0.15) is 5.10 Å². The molecule has 20 heavy (non-hydrogen) atoms. The Morgan fingerprint density at radius 1 is 1.15 bits per heavy atom. The average Bonchev–Trinajstić information content (AvgIpc) is 2.44. The highest BCUT2D eigenvalue weighted by Gasteiger charge is 2.07. The number of carbonyl (C=O) groups is 1. The first kappa shape index (κ1) is 13.9. The van der Waals surface area contributed by atoms with Crippen LogP contribution in [0.2, 0.25) is 0 Å². The van der Waals surface area contributed by atoms with E-state index < -0.39 is 17.5 Å². The number of aryl methyl sites for hydroxylation is 1. The molecule has 0 unspecified atom stereocenters. The molecule has 0 bridgehead atoms. The zero-order chi connectivity index (χ0) is 14.5. The van der Waals surface area contributed by atoms with Crippen molar-refractivity contribution in [1.29, 1.82) is 0 Å². The normalized spacial score (nSPS) is 10.8. The highest BCUT2D eigenvalue weighted by atomic mass is 19.2. The second-order valence-electron chi connectivity index (χ2n) is 4.16. The molecule has 1 amide bonds. The van der Waals surface area contributed by atoms with E-state index in [9.17, 15) is 13.6 Å². The van der Waals surface area contributed by atoms with Gasteiger partial charge in [0.2, 0.25) is 0 Å². The van der Waals surface area contributed by atoms with Gasteiger partial charge < -0.3 is 0 Å². The van der Waals surface area contributed by atoms with Crippen LogP contribution >= 0.6 is 0 Å². The molecule has 2 rings (SSSR count). The molecule has 102 valence electrons. The average molecular weight is 274 g/mol. The number of hydrogen-bond acceptors (Lipinski definition) is 2. The second kappa shape index (κ2) is 6.06. The molecule has 0 aliphatic carbocycles. The lowest BCUT2D eigenvalue weighted by molar-refractivity contribution is 0.0954. The van der Waals surface area contributed by atoms with Gasteiger partial charge in [-0.25, -0.2) is 14.2 Å². The molecule has 0 aliphatic heterocycles. The SMILES string of the molecule is Cc1ccccc1C(=O)NN=Cc1cccc(F)c1F. The Morgan fingerprint density at radius 2 is 1.90 bits per heavy atom. The Labute approximate surface area is 114 Å². The number of benzene rings is 2. The topological polar surface area (TPSA) is 41.5 Å². The van der Waals surface area contributed by atoms with Crippen molar-refractivity contribution in [2.45, 2.75) is 6.92 Å². The Hall–Kier alpha value is -2.56. The van der Waals surface area contributed by atoms with Gasteiger partial charge in [0.25, 0.3) is 5.91 Å². The Balaban J connectivity index is 2.09. The summed E-state index contributed by atoms with van der Waals surface area (Å²) in [5.74, 6) is -2.36. The Kier molecular flexibility index (Phi) is 4.20. The van der Waals surface area contributed by atoms with Crippen molar-refractivity contribution in [1.82, 2.24) is 5.43 Å². The first-order chi connectivity index (χ1) is 9.59. The van der Waals surface area contributed by atoms with Gasteiger partial charge in [-0.1, -0.05) is 30.3 Å². The van der Waals surface area contributed by atoms with E-state index in [1.165, 1.54) is 12.1 Å². The van der Waals surface area contributed by atoms with E-state index in [0.717, 1.165) is 17.8 Å². The number of halogens is 2. The van der Waals surface area contributed by atoms with Crippen molar-refractivity contribution in [3.63, 3.8) is 0 Å². The predicted molar refractivity (Wildman–Crippen MR) is 72.6 cm³/mol. The van der Waals surface area contributed by atoms with Crippen molar-refractivity contribution in [2.75, 3.05) is 0 Å². The third-order valence-electron chi connectivity index (χ3n) is 2.74.